The van der Waals surface area contributed by atoms with Crippen LogP contribution in [0.25, 0.3) is 17.0 Å². The first kappa shape index (κ1) is 9.17. The van der Waals surface area contributed by atoms with E-state index in [9.17, 15) is 0 Å². The van der Waals surface area contributed by atoms with E-state index in [1.807, 2.05) is 12.1 Å². The molecule has 0 bridgehead atoms. The molecule has 0 aliphatic carbocycles. The highest BCUT2D eigenvalue weighted by Gasteiger charge is 2.04. The van der Waals surface area contributed by atoms with E-state index >= 15 is 0 Å². The molecular weight excluding hydrogens is 228 g/mol. The number of halogens is 1. The molecule has 0 aliphatic heterocycles. The fraction of sp³-hybridized carbons (Fsp3) is 0. The van der Waals surface area contributed by atoms with Gasteiger partial charge in [0.1, 0.15) is 12.0 Å². The quantitative estimate of drug-likeness (QED) is 0.591. The van der Waals surface area contributed by atoms with Gasteiger partial charge >= 0.3 is 0 Å². The number of hydrogen-bond donors (Lipinski definition) is 0. The van der Waals surface area contributed by atoms with Crippen LogP contribution in [0.3, 0.4) is 0 Å². The fourth-order valence-corrected chi connectivity index (χ4v) is 1.49. The lowest BCUT2D eigenvalue weighted by Gasteiger charge is -1.99. The van der Waals surface area contributed by atoms with E-state index in [0.29, 0.717) is 17.0 Å². The summed E-state index contributed by atoms with van der Waals surface area (Å²) in [6.07, 6.45) is 3.12. The molecule has 0 amide bonds. The fourth-order valence-electron chi connectivity index (χ4n) is 1.34. The van der Waals surface area contributed by atoms with Crippen LogP contribution < -0.4 is 0 Å². The Kier molecular flexibility index (Phi) is 2.00. The van der Waals surface area contributed by atoms with Crippen LogP contribution >= 0.6 is 11.6 Å². The second kappa shape index (κ2) is 3.49. The molecule has 3 aromatic rings. The molecule has 0 unspecified atom stereocenters. The van der Waals surface area contributed by atoms with Gasteiger partial charge in [-0.05, 0) is 29.8 Å². The van der Waals surface area contributed by atoms with E-state index in [-0.39, 0.29) is 5.28 Å². The minimum Gasteiger partial charge on any atom is -0.226 e. The molecule has 16 heavy (non-hydrogen) atoms. The molecule has 0 atom stereocenters. The molecule has 7 heteroatoms. The lowest BCUT2D eigenvalue weighted by molar-refractivity contribution is 0.926. The van der Waals surface area contributed by atoms with Crippen molar-refractivity contribution in [2.24, 2.45) is 0 Å². The standard InChI is InChI=1S/C9H5ClN6/c10-9-11-4-3-6(13-9)7-1-2-8-14-12-5-16(8)15-7/h1-5H. The van der Waals surface area contributed by atoms with Gasteiger partial charge in [0.15, 0.2) is 5.65 Å². The zero-order chi connectivity index (χ0) is 11.0. The first-order chi connectivity index (χ1) is 7.83. The summed E-state index contributed by atoms with van der Waals surface area (Å²) in [5.41, 5.74) is 2.04. The Morgan fingerprint density at radius 1 is 1.12 bits per heavy atom. The van der Waals surface area contributed by atoms with Gasteiger partial charge in [0.05, 0.1) is 5.69 Å². The van der Waals surface area contributed by atoms with E-state index < -0.39 is 0 Å². The first-order valence-electron chi connectivity index (χ1n) is 4.49. The zero-order valence-corrected chi connectivity index (χ0v) is 8.70. The van der Waals surface area contributed by atoms with E-state index in [1.165, 1.54) is 6.33 Å². The molecule has 6 nitrogen and oxygen atoms in total. The van der Waals surface area contributed by atoms with E-state index in [2.05, 4.69) is 25.3 Å². The van der Waals surface area contributed by atoms with Crippen LogP contribution in [0.15, 0.2) is 30.7 Å². The normalized spacial score (nSPS) is 10.8. The highest BCUT2D eigenvalue weighted by Crippen LogP contribution is 2.14. The molecule has 0 radical (unpaired) electrons. The highest BCUT2D eigenvalue weighted by atomic mass is 35.5. The Balaban J connectivity index is 2.18. The SMILES string of the molecule is Clc1nccc(-c2ccc3nncn3n2)n1. The molecule has 0 fully saturated rings. The molecule has 78 valence electrons. The summed E-state index contributed by atoms with van der Waals surface area (Å²) in [5, 5.41) is 12.1. The summed E-state index contributed by atoms with van der Waals surface area (Å²) in [6, 6.07) is 5.36. The molecule has 3 rings (SSSR count). The number of nitrogens with zero attached hydrogens (tertiary/aromatic N) is 6. The van der Waals surface area contributed by atoms with Crippen LogP contribution in [0.1, 0.15) is 0 Å². The van der Waals surface area contributed by atoms with Crippen molar-refractivity contribution in [3.05, 3.63) is 36.0 Å². The third-order valence-electron chi connectivity index (χ3n) is 2.05. The molecule has 3 aromatic heterocycles. The van der Waals surface area contributed by atoms with E-state index in [4.69, 9.17) is 11.6 Å². The lowest BCUT2D eigenvalue weighted by atomic mass is 10.3. The number of rotatable bonds is 1. The largest absolute Gasteiger partial charge is 0.226 e. The summed E-state index contributed by atoms with van der Waals surface area (Å²) >= 11 is 5.71. The Labute approximate surface area is 94.9 Å². The second-order valence-electron chi connectivity index (χ2n) is 3.06. The van der Waals surface area contributed by atoms with Crippen molar-refractivity contribution >= 4 is 17.2 Å². The Bertz CT molecular complexity index is 649. The molecule has 0 N–H and O–H groups in total. The van der Waals surface area contributed by atoms with Crippen molar-refractivity contribution in [3.8, 4) is 11.4 Å². The molecular formula is C9H5ClN6. The Hall–Kier alpha value is -2.08. The number of hydrogen-bond acceptors (Lipinski definition) is 5. The Morgan fingerprint density at radius 3 is 2.94 bits per heavy atom. The van der Waals surface area contributed by atoms with Crippen LogP contribution in [0.4, 0.5) is 0 Å². The first-order valence-corrected chi connectivity index (χ1v) is 4.87. The monoisotopic (exact) mass is 232 g/mol. The van der Waals surface area contributed by atoms with E-state index in [1.54, 1.807) is 16.8 Å². The topological polar surface area (TPSA) is 68.9 Å². The van der Waals surface area contributed by atoms with Gasteiger partial charge in [0.2, 0.25) is 5.28 Å². The number of fused-ring (bicyclic) bond motifs is 1. The van der Waals surface area contributed by atoms with Crippen molar-refractivity contribution in [2.45, 2.75) is 0 Å². The van der Waals surface area contributed by atoms with Crippen LogP contribution in [0.2, 0.25) is 5.28 Å². The maximum Gasteiger partial charge on any atom is 0.222 e. The lowest BCUT2D eigenvalue weighted by Crippen LogP contribution is -1.95. The molecule has 0 aliphatic rings. The predicted octanol–water partition coefficient (Wildman–Crippen LogP) is 1.23. The molecule has 0 spiro atoms. The van der Waals surface area contributed by atoms with Gasteiger partial charge in [0.25, 0.3) is 0 Å². The Morgan fingerprint density at radius 2 is 2.06 bits per heavy atom. The molecule has 0 saturated carbocycles. The van der Waals surface area contributed by atoms with Gasteiger partial charge in [-0.2, -0.15) is 9.61 Å². The van der Waals surface area contributed by atoms with Crippen molar-refractivity contribution in [2.75, 3.05) is 0 Å². The number of aromatic nitrogens is 6. The summed E-state index contributed by atoms with van der Waals surface area (Å²) < 4.78 is 1.57. The van der Waals surface area contributed by atoms with Gasteiger partial charge in [-0.1, -0.05) is 0 Å². The molecule has 0 aromatic carbocycles. The summed E-state index contributed by atoms with van der Waals surface area (Å²) in [5.74, 6) is 0. The molecule has 0 saturated heterocycles. The van der Waals surface area contributed by atoms with Gasteiger partial charge < -0.3 is 0 Å². The van der Waals surface area contributed by atoms with Crippen LogP contribution in [0, 0.1) is 0 Å². The van der Waals surface area contributed by atoms with E-state index in [0.717, 1.165) is 0 Å². The minimum atomic E-state index is 0.197. The van der Waals surface area contributed by atoms with Gasteiger partial charge in [-0.3, -0.25) is 0 Å². The van der Waals surface area contributed by atoms with Gasteiger partial charge in [-0.15, -0.1) is 10.2 Å². The van der Waals surface area contributed by atoms with Crippen molar-refractivity contribution < 1.29 is 0 Å². The van der Waals surface area contributed by atoms with Gasteiger partial charge in [-0.25, -0.2) is 9.97 Å². The van der Waals surface area contributed by atoms with Crippen LogP contribution in [0.5, 0.6) is 0 Å². The van der Waals surface area contributed by atoms with Crippen molar-refractivity contribution in [3.63, 3.8) is 0 Å². The van der Waals surface area contributed by atoms with Crippen molar-refractivity contribution in [1.82, 2.24) is 29.8 Å². The maximum atomic E-state index is 5.71. The van der Waals surface area contributed by atoms with Gasteiger partial charge in [0, 0.05) is 6.20 Å². The highest BCUT2D eigenvalue weighted by molar-refractivity contribution is 6.28. The second-order valence-corrected chi connectivity index (χ2v) is 3.40. The third-order valence-corrected chi connectivity index (χ3v) is 2.23. The van der Waals surface area contributed by atoms with Crippen LogP contribution in [-0.2, 0) is 0 Å². The minimum absolute atomic E-state index is 0.197. The predicted molar refractivity (Wildman–Crippen MR) is 56.8 cm³/mol. The summed E-state index contributed by atoms with van der Waals surface area (Å²) in [7, 11) is 0. The third kappa shape index (κ3) is 1.49. The average Bonchev–Trinajstić information content (AvgIpc) is 2.75. The summed E-state index contributed by atoms with van der Waals surface area (Å²) in [4.78, 5) is 7.88. The summed E-state index contributed by atoms with van der Waals surface area (Å²) in [6.45, 7) is 0. The smallest absolute Gasteiger partial charge is 0.222 e. The maximum absolute atomic E-state index is 5.71. The van der Waals surface area contributed by atoms with Crippen molar-refractivity contribution in [1.29, 1.82) is 0 Å². The molecule has 3 heterocycles. The average molecular weight is 233 g/mol. The van der Waals surface area contributed by atoms with Crippen LogP contribution in [-0.4, -0.2) is 29.8 Å². The zero-order valence-electron chi connectivity index (χ0n) is 7.95.